The monoisotopic (exact) mass is 485 g/mol. The Labute approximate surface area is 174 Å². The fraction of sp³-hybridized carbons (Fsp3) is 0.316. The number of benzene rings is 1. The Hall–Kier alpha value is -1.58. The molecule has 5 nitrogen and oxygen atoms in total. The predicted molar refractivity (Wildman–Crippen MR) is 118 cm³/mol. The van der Waals surface area contributed by atoms with Crippen LogP contribution in [0.25, 0.3) is 10.1 Å². The summed E-state index contributed by atoms with van der Waals surface area (Å²) in [5, 5.41) is 20.5. The number of furan rings is 1. The summed E-state index contributed by atoms with van der Waals surface area (Å²) in [6, 6.07) is 12.0. The molecule has 0 aliphatic carbocycles. The highest BCUT2D eigenvalue weighted by Crippen LogP contribution is 2.25. The number of aliphatic hydroxyl groups is 1. The fourth-order valence-corrected chi connectivity index (χ4v) is 3.60. The number of nitrogens with zero attached hydrogens (tertiary/aromatic N) is 1. The van der Waals surface area contributed by atoms with Crippen LogP contribution in [0, 0.1) is 6.92 Å². The van der Waals surface area contributed by atoms with E-state index in [4.69, 9.17) is 4.42 Å². The highest BCUT2D eigenvalue weighted by Gasteiger charge is 2.27. The third-order valence-corrected chi connectivity index (χ3v) is 5.11. The quantitative estimate of drug-likeness (QED) is 0.291. The average molecular weight is 485 g/mol. The summed E-state index contributed by atoms with van der Waals surface area (Å²) in [4.78, 5) is 4.23. The van der Waals surface area contributed by atoms with Crippen LogP contribution in [0.1, 0.15) is 24.0 Å². The molecule has 140 valence electrons. The normalized spacial score (nSPS) is 13.9. The lowest BCUT2D eigenvalue weighted by atomic mass is 10.0. The first-order chi connectivity index (χ1) is 12.0. The molecule has 1 aromatic carbocycles. The van der Waals surface area contributed by atoms with Crippen molar-refractivity contribution in [2.24, 2.45) is 4.99 Å². The summed E-state index contributed by atoms with van der Waals surface area (Å²) in [6.07, 6.45) is 0. The maximum Gasteiger partial charge on any atom is 0.191 e. The van der Waals surface area contributed by atoms with E-state index in [1.54, 1.807) is 31.4 Å². The van der Waals surface area contributed by atoms with Crippen LogP contribution in [0.4, 0.5) is 0 Å². The lowest BCUT2D eigenvalue weighted by molar-refractivity contribution is 0.0378. The van der Waals surface area contributed by atoms with Gasteiger partial charge in [-0.3, -0.25) is 4.99 Å². The molecule has 0 aliphatic rings. The Bertz CT molecular complexity index is 886. The first-order valence-corrected chi connectivity index (χ1v) is 9.06. The molecule has 0 bridgehead atoms. The largest absolute Gasteiger partial charge is 0.463 e. The van der Waals surface area contributed by atoms with E-state index in [-0.39, 0.29) is 24.0 Å². The van der Waals surface area contributed by atoms with Crippen LogP contribution in [0.15, 0.2) is 51.2 Å². The van der Waals surface area contributed by atoms with Gasteiger partial charge in [-0.1, -0.05) is 18.2 Å². The molecule has 0 saturated heterocycles. The molecule has 2 heterocycles. The first-order valence-electron chi connectivity index (χ1n) is 8.18. The molecule has 0 saturated carbocycles. The number of guanidine groups is 1. The van der Waals surface area contributed by atoms with Crippen molar-refractivity contribution < 1.29 is 9.52 Å². The third kappa shape index (κ3) is 4.77. The fourth-order valence-electron chi connectivity index (χ4n) is 2.64. The second kappa shape index (κ2) is 8.88. The molecule has 26 heavy (non-hydrogen) atoms. The van der Waals surface area contributed by atoms with Gasteiger partial charge in [0, 0.05) is 18.3 Å². The summed E-state index contributed by atoms with van der Waals surface area (Å²) >= 11 is 1.74. The van der Waals surface area contributed by atoms with Crippen molar-refractivity contribution in [1.82, 2.24) is 10.6 Å². The Morgan fingerprint density at radius 2 is 2.00 bits per heavy atom. The van der Waals surface area contributed by atoms with Gasteiger partial charge in [0.25, 0.3) is 0 Å². The highest BCUT2D eigenvalue weighted by molar-refractivity contribution is 14.0. The molecule has 1 atom stereocenters. The number of aryl methyl sites for hydroxylation is 1. The van der Waals surface area contributed by atoms with E-state index >= 15 is 0 Å². The predicted octanol–water partition coefficient (Wildman–Crippen LogP) is 3.99. The molecule has 1 unspecified atom stereocenters. The molecule has 3 rings (SSSR count). The van der Waals surface area contributed by atoms with Crippen LogP contribution >= 0.6 is 35.3 Å². The molecular weight excluding hydrogens is 461 g/mol. The molecule has 0 aliphatic heterocycles. The Balaban J connectivity index is 0.00000243. The number of hydrogen-bond acceptors (Lipinski definition) is 4. The van der Waals surface area contributed by atoms with E-state index in [1.807, 2.05) is 19.1 Å². The van der Waals surface area contributed by atoms with E-state index in [0.29, 0.717) is 24.8 Å². The summed E-state index contributed by atoms with van der Waals surface area (Å²) in [7, 11) is 1.72. The van der Waals surface area contributed by atoms with Gasteiger partial charge in [-0.05, 0) is 48.4 Å². The van der Waals surface area contributed by atoms with E-state index in [2.05, 4.69) is 39.2 Å². The van der Waals surface area contributed by atoms with Crippen molar-refractivity contribution in [2.45, 2.75) is 26.0 Å². The van der Waals surface area contributed by atoms with Gasteiger partial charge in [0.05, 0.1) is 6.54 Å². The number of aliphatic imine (C=N–C) groups is 1. The van der Waals surface area contributed by atoms with Gasteiger partial charge < -0.3 is 20.2 Å². The number of nitrogens with one attached hydrogen (secondary N) is 2. The summed E-state index contributed by atoms with van der Waals surface area (Å²) in [6.45, 7) is 4.55. The van der Waals surface area contributed by atoms with Gasteiger partial charge in [-0.25, -0.2) is 0 Å². The van der Waals surface area contributed by atoms with Crippen LogP contribution in [-0.4, -0.2) is 24.7 Å². The SMILES string of the molecule is CN=C(NCc1csc2ccccc12)NCC(C)(O)c1ccc(C)o1.I. The molecule has 0 fully saturated rings. The molecule has 0 radical (unpaired) electrons. The molecule has 3 N–H and O–H groups in total. The number of halogens is 1. The van der Waals surface area contributed by atoms with Crippen molar-refractivity contribution >= 4 is 51.4 Å². The molecule has 2 aromatic heterocycles. The van der Waals surface area contributed by atoms with Crippen molar-refractivity contribution in [3.8, 4) is 0 Å². The van der Waals surface area contributed by atoms with Crippen LogP contribution in [0.3, 0.4) is 0 Å². The summed E-state index contributed by atoms with van der Waals surface area (Å²) in [5.41, 5.74) is 0.123. The van der Waals surface area contributed by atoms with Crippen molar-refractivity contribution in [2.75, 3.05) is 13.6 Å². The summed E-state index contributed by atoms with van der Waals surface area (Å²) < 4.78 is 6.81. The highest BCUT2D eigenvalue weighted by atomic mass is 127. The van der Waals surface area contributed by atoms with Gasteiger partial charge in [-0.2, -0.15) is 0 Å². The van der Waals surface area contributed by atoms with Gasteiger partial charge in [0.15, 0.2) is 5.96 Å². The smallest absolute Gasteiger partial charge is 0.191 e. The Morgan fingerprint density at radius 1 is 1.23 bits per heavy atom. The molecule has 7 heteroatoms. The maximum absolute atomic E-state index is 10.6. The Morgan fingerprint density at radius 3 is 2.69 bits per heavy atom. The molecule has 0 spiro atoms. The molecule has 3 aromatic rings. The second-order valence-corrected chi connectivity index (χ2v) is 7.13. The third-order valence-electron chi connectivity index (χ3n) is 4.10. The average Bonchev–Trinajstić information content (AvgIpc) is 3.22. The van der Waals surface area contributed by atoms with Crippen LogP contribution < -0.4 is 10.6 Å². The lowest BCUT2D eigenvalue weighted by Gasteiger charge is -2.22. The van der Waals surface area contributed by atoms with Gasteiger partial charge >= 0.3 is 0 Å². The minimum atomic E-state index is -1.11. The van der Waals surface area contributed by atoms with Crippen molar-refractivity contribution in [1.29, 1.82) is 0 Å². The van der Waals surface area contributed by atoms with E-state index in [9.17, 15) is 5.11 Å². The van der Waals surface area contributed by atoms with Crippen LogP contribution in [0.2, 0.25) is 0 Å². The zero-order chi connectivity index (χ0) is 17.9. The molecular formula is C19H24IN3O2S. The molecule has 0 amide bonds. The standard InChI is InChI=1S/C19H23N3O2S.HI/c1-13-8-9-17(24-13)19(2,23)12-22-18(20-3)21-10-14-11-25-16-7-5-4-6-15(14)16;/h4-9,11,23H,10,12H2,1-3H3,(H2,20,21,22);1H. The summed E-state index contributed by atoms with van der Waals surface area (Å²) in [5.74, 6) is 1.96. The van der Waals surface area contributed by atoms with Crippen molar-refractivity contribution in [3.63, 3.8) is 0 Å². The van der Waals surface area contributed by atoms with Gasteiger partial charge in [0.1, 0.15) is 17.1 Å². The van der Waals surface area contributed by atoms with Crippen molar-refractivity contribution in [3.05, 3.63) is 58.9 Å². The van der Waals surface area contributed by atoms with Crippen LogP contribution in [0.5, 0.6) is 0 Å². The zero-order valence-electron chi connectivity index (χ0n) is 15.1. The van der Waals surface area contributed by atoms with Gasteiger partial charge in [-0.15, -0.1) is 35.3 Å². The second-order valence-electron chi connectivity index (χ2n) is 6.22. The van der Waals surface area contributed by atoms with E-state index in [0.717, 1.165) is 5.76 Å². The number of hydrogen-bond donors (Lipinski definition) is 3. The van der Waals surface area contributed by atoms with E-state index < -0.39 is 5.60 Å². The number of fused-ring (bicyclic) bond motifs is 1. The zero-order valence-corrected chi connectivity index (χ0v) is 18.2. The number of rotatable bonds is 5. The van der Waals surface area contributed by atoms with E-state index in [1.165, 1.54) is 15.6 Å². The maximum atomic E-state index is 10.6. The van der Waals surface area contributed by atoms with Crippen LogP contribution in [-0.2, 0) is 12.1 Å². The minimum absolute atomic E-state index is 0. The lowest BCUT2D eigenvalue weighted by Crippen LogP contribution is -2.44. The topological polar surface area (TPSA) is 69.8 Å². The first kappa shape index (κ1) is 20.7. The Kier molecular flexibility index (Phi) is 7.08. The minimum Gasteiger partial charge on any atom is -0.463 e. The number of thiophene rings is 1. The van der Waals surface area contributed by atoms with Gasteiger partial charge in [0.2, 0.25) is 0 Å².